The molecular formula is C15H26N4O. The van der Waals surface area contributed by atoms with E-state index in [0.29, 0.717) is 5.92 Å². The van der Waals surface area contributed by atoms with Crippen LogP contribution in [0.2, 0.25) is 0 Å². The van der Waals surface area contributed by atoms with E-state index >= 15 is 0 Å². The first kappa shape index (κ1) is 14.0. The maximum Gasteiger partial charge on any atom is 0.231 e. The lowest BCUT2D eigenvalue weighted by Gasteiger charge is -2.31. The lowest BCUT2D eigenvalue weighted by atomic mass is 9.93. The van der Waals surface area contributed by atoms with Crippen LogP contribution >= 0.6 is 0 Å². The van der Waals surface area contributed by atoms with Gasteiger partial charge in [0.2, 0.25) is 5.89 Å². The fourth-order valence-electron chi connectivity index (χ4n) is 3.37. The minimum atomic E-state index is 0.433. The minimum absolute atomic E-state index is 0.433. The monoisotopic (exact) mass is 278 g/mol. The molecule has 1 atom stereocenters. The van der Waals surface area contributed by atoms with Crippen molar-refractivity contribution in [3.8, 4) is 0 Å². The lowest BCUT2D eigenvalue weighted by molar-refractivity contribution is 0.182. The van der Waals surface area contributed by atoms with E-state index in [4.69, 9.17) is 4.52 Å². The summed E-state index contributed by atoms with van der Waals surface area (Å²) in [5, 5.41) is 7.53. The Hall–Kier alpha value is -0.940. The topological polar surface area (TPSA) is 54.2 Å². The Morgan fingerprint density at radius 1 is 1.30 bits per heavy atom. The van der Waals surface area contributed by atoms with E-state index < -0.39 is 0 Å². The first-order chi connectivity index (χ1) is 9.85. The second-order valence-electron chi connectivity index (χ2n) is 6.23. The molecule has 0 bridgehead atoms. The van der Waals surface area contributed by atoms with E-state index in [1.165, 1.54) is 38.9 Å². The summed E-state index contributed by atoms with van der Waals surface area (Å²) < 4.78 is 5.44. The molecule has 3 heterocycles. The van der Waals surface area contributed by atoms with Gasteiger partial charge in [0.1, 0.15) is 0 Å². The SMILES string of the molecule is CCCN1CCC(Cc2noc(C3CCNC3)n2)CC1. The Balaban J connectivity index is 1.49. The van der Waals surface area contributed by atoms with Crippen molar-refractivity contribution in [2.45, 2.75) is 44.9 Å². The summed E-state index contributed by atoms with van der Waals surface area (Å²) in [5.41, 5.74) is 0. The third kappa shape index (κ3) is 3.38. The Kier molecular flexibility index (Phi) is 4.68. The molecule has 0 aromatic carbocycles. The van der Waals surface area contributed by atoms with Crippen LogP contribution in [0.5, 0.6) is 0 Å². The zero-order valence-corrected chi connectivity index (χ0v) is 12.5. The van der Waals surface area contributed by atoms with E-state index in [2.05, 4.69) is 27.3 Å². The van der Waals surface area contributed by atoms with Crippen LogP contribution in [0.25, 0.3) is 0 Å². The third-order valence-electron chi connectivity index (χ3n) is 4.61. The summed E-state index contributed by atoms with van der Waals surface area (Å²) in [5.74, 6) is 2.92. The molecule has 20 heavy (non-hydrogen) atoms. The van der Waals surface area contributed by atoms with Crippen molar-refractivity contribution in [1.29, 1.82) is 0 Å². The van der Waals surface area contributed by atoms with Gasteiger partial charge in [-0.1, -0.05) is 12.1 Å². The highest BCUT2D eigenvalue weighted by Gasteiger charge is 2.24. The van der Waals surface area contributed by atoms with Crippen LogP contribution in [0.4, 0.5) is 0 Å². The fourth-order valence-corrected chi connectivity index (χ4v) is 3.37. The van der Waals surface area contributed by atoms with Crippen molar-refractivity contribution in [1.82, 2.24) is 20.4 Å². The molecule has 0 spiro atoms. The van der Waals surface area contributed by atoms with Crippen LogP contribution in [-0.4, -0.2) is 47.8 Å². The van der Waals surface area contributed by atoms with Crippen molar-refractivity contribution >= 4 is 0 Å². The molecule has 5 nitrogen and oxygen atoms in total. The van der Waals surface area contributed by atoms with Gasteiger partial charge in [-0.25, -0.2) is 0 Å². The van der Waals surface area contributed by atoms with Gasteiger partial charge in [-0.3, -0.25) is 0 Å². The Bertz CT molecular complexity index is 406. The van der Waals surface area contributed by atoms with E-state index in [1.54, 1.807) is 0 Å². The molecule has 0 amide bonds. The van der Waals surface area contributed by atoms with E-state index in [9.17, 15) is 0 Å². The largest absolute Gasteiger partial charge is 0.339 e. The predicted molar refractivity (Wildman–Crippen MR) is 77.7 cm³/mol. The molecule has 1 aromatic rings. The predicted octanol–water partition coefficient (Wildman–Crippen LogP) is 1.81. The van der Waals surface area contributed by atoms with Crippen molar-refractivity contribution < 1.29 is 4.52 Å². The molecule has 2 aliphatic heterocycles. The zero-order valence-electron chi connectivity index (χ0n) is 12.5. The summed E-state index contributed by atoms with van der Waals surface area (Å²) >= 11 is 0. The van der Waals surface area contributed by atoms with Gasteiger partial charge < -0.3 is 14.7 Å². The number of likely N-dealkylation sites (tertiary alicyclic amines) is 1. The van der Waals surface area contributed by atoms with Crippen LogP contribution in [0.1, 0.15) is 50.2 Å². The summed E-state index contributed by atoms with van der Waals surface area (Å²) in [4.78, 5) is 7.18. The fraction of sp³-hybridized carbons (Fsp3) is 0.867. The van der Waals surface area contributed by atoms with Gasteiger partial charge in [0.25, 0.3) is 0 Å². The molecule has 1 unspecified atom stereocenters. The van der Waals surface area contributed by atoms with Gasteiger partial charge in [0.15, 0.2) is 5.82 Å². The molecule has 1 N–H and O–H groups in total. The third-order valence-corrected chi connectivity index (χ3v) is 4.61. The maximum atomic E-state index is 5.44. The second-order valence-corrected chi connectivity index (χ2v) is 6.23. The quantitative estimate of drug-likeness (QED) is 0.890. The van der Waals surface area contributed by atoms with Gasteiger partial charge in [-0.05, 0) is 57.8 Å². The summed E-state index contributed by atoms with van der Waals surface area (Å²) in [7, 11) is 0. The summed E-state index contributed by atoms with van der Waals surface area (Å²) in [6.45, 7) is 8.01. The molecule has 0 saturated carbocycles. The molecule has 3 rings (SSSR count). The second kappa shape index (κ2) is 6.68. The van der Waals surface area contributed by atoms with Crippen molar-refractivity contribution in [3.63, 3.8) is 0 Å². The molecule has 0 aliphatic carbocycles. The van der Waals surface area contributed by atoms with Gasteiger partial charge in [-0.2, -0.15) is 4.98 Å². The highest BCUT2D eigenvalue weighted by Crippen LogP contribution is 2.23. The van der Waals surface area contributed by atoms with Crippen LogP contribution in [0.15, 0.2) is 4.52 Å². The smallest absolute Gasteiger partial charge is 0.231 e. The van der Waals surface area contributed by atoms with Crippen LogP contribution in [-0.2, 0) is 6.42 Å². The maximum absolute atomic E-state index is 5.44. The summed E-state index contributed by atoms with van der Waals surface area (Å²) in [6.07, 6.45) is 5.92. The number of hydrogen-bond donors (Lipinski definition) is 1. The lowest BCUT2D eigenvalue weighted by Crippen LogP contribution is -2.34. The molecular weight excluding hydrogens is 252 g/mol. The van der Waals surface area contributed by atoms with Crippen molar-refractivity contribution in [2.75, 3.05) is 32.7 Å². The minimum Gasteiger partial charge on any atom is -0.339 e. The number of piperidine rings is 1. The highest BCUT2D eigenvalue weighted by atomic mass is 16.5. The Morgan fingerprint density at radius 3 is 2.85 bits per heavy atom. The van der Waals surface area contributed by atoms with Crippen molar-refractivity contribution in [2.24, 2.45) is 5.92 Å². The summed E-state index contributed by atoms with van der Waals surface area (Å²) in [6, 6.07) is 0. The van der Waals surface area contributed by atoms with Crippen molar-refractivity contribution in [3.05, 3.63) is 11.7 Å². The molecule has 112 valence electrons. The average molecular weight is 278 g/mol. The molecule has 2 fully saturated rings. The average Bonchev–Trinajstić information content (AvgIpc) is 3.12. The van der Waals surface area contributed by atoms with Gasteiger partial charge >= 0.3 is 0 Å². The number of nitrogens with zero attached hydrogens (tertiary/aromatic N) is 3. The van der Waals surface area contributed by atoms with E-state index in [0.717, 1.165) is 43.6 Å². The Morgan fingerprint density at radius 2 is 2.15 bits per heavy atom. The first-order valence-electron chi connectivity index (χ1n) is 8.10. The first-order valence-corrected chi connectivity index (χ1v) is 8.10. The van der Waals surface area contributed by atoms with E-state index in [-0.39, 0.29) is 0 Å². The highest BCUT2D eigenvalue weighted by molar-refractivity contribution is 4.99. The van der Waals surface area contributed by atoms with Gasteiger partial charge in [0.05, 0.1) is 5.92 Å². The van der Waals surface area contributed by atoms with E-state index in [1.807, 2.05) is 0 Å². The van der Waals surface area contributed by atoms with Crippen LogP contribution in [0, 0.1) is 5.92 Å². The normalized spacial score (nSPS) is 25.4. The number of rotatable bonds is 5. The number of hydrogen-bond acceptors (Lipinski definition) is 5. The van der Waals surface area contributed by atoms with Gasteiger partial charge in [0, 0.05) is 13.0 Å². The molecule has 2 saturated heterocycles. The van der Waals surface area contributed by atoms with Gasteiger partial charge in [-0.15, -0.1) is 0 Å². The molecule has 2 aliphatic rings. The molecule has 1 aromatic heterocycles. The standard InChI is InChI=1S/C15H26N4O/c1-2-7-19-8-4-12(5-9-19)10-14-17-15(20-18-14)13-3-6-16-11-13/h12-13,16H,2-11H2,1H3. The number of nitrogens with one attached hydrogen (secondary N) is 1. The zero-order chi connectivity index (χ0) is 13.8. The molecule has 0 radical (unpaired) electrons. The molecule has 5 heteroatoms. The van der Waals surface area contributed by atoms with Crippen LogP contribution in [0.3, 0.4) is 0 Å². The van der Waals surface area contributed by atoms with Crippen LogP contribution < -0.4 is 5.32 Å². The Labute approximate surface area is 121 Å². The number of aromatic nitrogens is 2.